The third-order valence-corrected chi connectivity index (χ3v) is 3.30. The van der Waals surface area contributed by atoms with Crippen LogP contribution >= 0.6 is 15.9 Å². The van der Waals surface area contributed by atoms with Crippen LogP contribution in [0.2, 0.25) is 0 Å². The van der Waals surface area contributed by atoms with E-state index in [0.717, 1.165) is 10.0 Å². The number of fused-ring (bicyclic) bond motifs is 1. The predicted molar refractivity (Wildman–Crippen MR) is 51.9 cm³/mol. The van der Waals surface area contributed by atoms with Gasteiger partial charge in [0.2, 0.25) is 0 Å². The molecule has 0 aliphatic heterocycles. The Bertz CT molecular complexity index is 351. The number of aliphatic hydroxyl groups is 1. The summed E-state index contributed by atoms with van der Waals surface area (Å²) in [6.07, 6.45) is 0.0991. The van der Waals surface area contributed by atoms with E-state index in [2.05, 4.69) is 15.9 Å². The third kappa shape index (κ3) is 1.30. The number of aliphatic hydroxyl groups excluding tert-OH is 1. The Hall–Kier alpha value is -0.410. The Kier molecular flexibility index (Phi) is 2.16. The lowest BCUT2D eigenvalue weighted by atomic mass is 10.1. The van der Waals surface area contributed by atoms with Crippen molar-refractivity contribution in [3.63, 3.8) is 0 Å². The van der Waals surface area contributed by atoms with Gasteiger partial charge in [0.1, 0.15) is 5.82 Å². The van der Waals surface area contributed by atoms with Crippen molar-refractivity contribution in [1.29, 1.82) is 0 Å². The van der Waals surface area contributed by atoms with Gasteiger partial charge in [-0.05, 0) is 30.0 Å². The van der Waals surface area contributed by atoms with Crippen molar-refractivity contribution in [1.82, 2.24) is 0 Å². The highest BCUT2D eigenvalue weighted by molar-refractivity contribution is 9.10. The van der Waals surface area contributed by atoms with Crippen molar-refractivity contribution in [3.8, 4) is 0 Å². The SMILES string of the molecule is CC1Cc2c(F)ccc(Br)c2C1O. The number of halogens is 2. The minimum Gasteiger partial charge on any atom is -0.388 e. The molecular weight excluding hydrogens is 235 g/mol. The second kappa shape index (κ2) is 3.07. The van der Waals surface area contributed by atoms with Gasteiger partial charge in [-0.1, -0.05) is 22.9 Å². The first-order valence-corrected chi connectivity index (χ1v) is 5.05. The Labute approximate surface area is 84.7 Å². The number of rotatable bonds is 0. The summed E-state index contributed by atoms with van der Waals surface area (Å²) in [5.41, 5.74) is 1.39. The van der Waals surface area contributed by atoms with Crippen LogP contribution in [0.3, 0.4) is 0 Å². The molecule has 0 spiro atoms. The third-order valence-electron chi connectivity index (χ3n) is 2.61. The molecule has 70 valence electrons. The molecule has 1 nitrogen and oxygen atoms in total. The fourth-order valence-electron chi connectivity index (χ4n) is 1.85. The molecular formula is C10H10BrFO. The second-order valence-electron chi connectivity index (χ2n) is 3.55. The number of hydrogen-bond acceptors (Lipinski definition) is 1. The van der Waals surface area contributed by atoms with Crippen LogP contribution in [0.4, 0.5) is 4.39 Å². The van der Waals surface area contributed by atoms with E-state index in [4.69, 9.17) is 0 Å². The zero-order chi connectivity index (χ0) is 9.59. The molecule has 0 heterocycles. The first-order valence-electron chi connectivity index (χ1n) is 4.26. The molecule has 0 bridgehead atoms. The first kappa shape index (κ1) is 9.16. The molecule has 1 aromatic rings. The summed E-state index contributed by atoms with van der Waals surface area (Å²) < 4.78 is 14.1. The Morgan fingerprint density at radius 1 is 1.54 bits per heavy atom. The van der Waals surface area contributed by atoms with Crippen molar-refractivity contribution in [2.75, 3.05) is 0 Å². The van der Waals surface area contributed by atoms with Gasteiger partial charge in [-0.15, -0.1) is 0 Å². The summed E-state index contributed by atoms with van der Waals surface area (Å²) in [5.74, 6) is -0.0928. The van der Waals surface area contributed by atoms with E-state index < -0.39 is 6.10 Å². The predicted octanol–water partition coefficient (Wildman–Crippen LogP) is 2.81. The van der Waals surface area contributed by atoms with Gasteiger partial charge in [0, 0.05) is 10.0 Å². The van der Waals surface area contributed by atoms with E-state index in [-0.39, 0.29) is 11.7 Å². The molecule has 3 heteroatoms. The van der Waals surface area contributed by atoms with Gasteiger partial charge in [-0.3, -0.25) is 0 Å². The molecule has 0 saturated heterocycles. The van der Waals surface area contributed by atoms with Gasteiger partial charge < -0.3 is 5.11 Å². The molecule has 0 amide bonds. The lowest BCUT2D eigenvalue weighted by molar-refractivity contribution is 0.132. The molecule has 13 heavy (non-hydrogen) atoms. The van der Waals surface area contributed by atoms with Gasteiger partial charge in [0.25, 0.3) is 0 Å². The monoisotopic (exact) mass is 244 g/mol. The second-order valence-corrected chi connectivity index (χ2v) is 4.40. The van der Waals surface area contributed by atoms with E-state index in [9.17, 15) is 9.50 Å². The van der Waals surface area contributed by atoms with Crippen LogP contribution in [0.25, 0.3) is 0 Å². The maximum Gasteiger partial charge on any atom is 0.126 e. The molecule has 2 atom stereocenters. The van der Waals surface area contributed by atoms with E-state index in [1.54, 1.807) is 6.07 Å². The molecule has 0 radical (unpaired) electrons. The van der Waals surface area contributed by atoms with Crippen LogP contribution in [0.15, 0.2) is 16.6 Å². The van der Waals surface area contributed by atoms with E-state index in [0.29, 0.717) is 12.0 Å². The van der Waals surface area contributed by atoms with E-state index >= 15 is 0 Å². The molecule has 2 rings (SSSR count). The molecule has 1 aliphatic carbocycles. The first-order chi connectivity index (χ1) is 6.11. The fourth-order valence-corrected chi connectivity index (χ4v) is 2.46. The van der Waals surface area contributed by atoms with Crippen LogP contribution in [-0.2, 0) is 6.42 Å². The van der Waals surface area contributed by atoms with Crippen molar-refractivity contribution < 1.29 is 9.50 Å². The smallest absolute Gasteiger partial charge is 0.126 e. The maximum atomic E-state index is 13.3. The van der Waals surface area contributed by atoms with Gasteiger partial charge in [-0.25, -0.2) is 4.39 Å². The van der Waals surface area contributed by atoms with Crippen LogP contribution in [0, 0.1) is 11.7 Å². The van der Waals surface area contributed by atoms with Gasteiger partial charge >= 0.3 is 0 Å². The molecule has 0 aromatic heterocycles. The molecule has 1 N–H and O–H groups in total. The maximum absolute atomic E-state index is 13.3. The standard InChI is InChI=1S/C10H10BrFO/c1-5-4-6-8(12)3-2-7(11)9(6)10(5)13/h2-3,5,10,13H,4H2,1H3. The Morgan fingerprint density at radius 2 is 2.23 bits per heavy atom. The fraction of sp³-hybridized carbons (Fsp3) is 0.400. The summed E-state index contributed by atoms with van der Waals surface area (Å²) in [6.45, 7) is 1.93. The molecule has 2 unspecified atom stereocenters. The highest BCUT2D eigenvalue weighted by Gasteiger charge is 2.31. The molecule has 1 aliphatic rings. The lowest BCUT2D eigenvalue weighted by Gasteiger charge is -2.09. The average Bonchev–Trinajstić information content (AvgIpc) is 2.38. The average molecular weight is 245 g/mol. The summed E-state index contributed by atoms with van der Waals surface area (Å²) in [7, 11) is 0. The lowest BCUT2D eigenvalue weighted by Crippen LogP contribution is -2.01. The number of benzene rings is 1. The Morgan fingerprint density at radius 3 is 2.85 bits per heavy atom. The van der Waals surface area contributed by atoms with E-state index in [1.807, 2.05) is 6.92 Å². The van der Waals surface area contributed by atoms with Crippen LogP contribution in [0.1, 0.15) is 24.2 Å². The molecule has 0 saturated carbocycles. The zero-order valence-corrected chi connectivity index (χ0v) is 8.81. The minimum absolute atomic E-state index is 0.114. The van der Waals surface area contributed by atoms with Gasteiger partial charge in [0.15, 0.2) is 0 Å². The number of hydrogen-bond donors (Lipinski definition) is 1. The summed E-state index contributed by atoms with van der Waals surface area (Å²) in [6, 6.07) is 3.09. The summed E-state index contributed by atoms with van der Waals surface area (Å²) >= 11 is 3.32. The van der Waals surface area contributed by atoms with Crippen LogP contribution in [-0.4, -0.2) is 5.11 Å². The van der Waals surface area contributed by atoms with Crippen molar-refractivity contribution in [2.24, 2.45) is 5.92 Å². The van der Waals surface area contributed by atoms with Crippen LogP contribution in [0.5, 0.6) is 0 Å². The van der Waals surface area contributed by atoms with Crippen molar-refractivity contribution in [2.45, 2.75) is 19.4 Å². The minimum atomic E-state index is -0.528. The molecule has 0 fully saturated rings. The van der Waals surface area contributed by atoms with Gasteiger partial charge in [0.05, 0.1) is 6.10 Å². The largest absolute Gasteiger partial charge is 0.388 e. The Balaban J connectivity index is 2.61. The normalized spacial score (nSPS) is 26.2. The van der Waals surface area contributed by atoms with E-state index in [1.165, 1.54) is 6.07 Å². The highest BCUT2D eigenvalue weighted by Crippen LogP contribution is 2.41. The van der Waals surface area contributed by atoms with Gasteiger partial charge in [-0.2, -0.15) is 0 Å². The summed E-state index contributed by atoms with van der Waals surface area (Å²) in [5, 5.41) is 9.76. The molecule has 1 aromatic carbocycles. The van der Waals surface area contributed by atoms with Crippen LogP contribution < -0.4 is 0 Å². The quantitative estimate of drug-likeness (QED) is 0.745. The van der Waals surface area contributed by atoms with Crippen molar-refractivity contribution in [3.05, 3.63) is 33.5 Å². The highest BCUT2D eigenvalue weighted by atomic mass is 79.9. The topological polar surface area (TPSA) is 20.2 Å². The summed E-state index contributed by atoms with van der Waals surface area (Å²) in [4.78, 5) is 0. The van der Waals surface area contributed by atoms with Crippen molar-refractivity contribution >= 4 is 15.9 Å². The zero-order valence-electron chi connectivity index (χ0n) is 7.22.